The van der Waals surface area contributed by atoms with Gasteiger partial charge in [-0.1, -0.05) is 0 Å². The Morgan fingerprint density at radius 2 is 1.63 bits per heavy atom. The van der Waals surface area contributed by atoms with Crippen LogP contribution in [0.15, 0.2) is 31.9 Å². The fourth-order valence-electron chi connectivity index (χ4n) is 3.72. The molecule has 0 saturated carbocycles. The fraction of sp³-hybridized carbons (Fsp3) is 0.286. The monoisotopic (exact) mass is 560 g/mol. The predicted octanol–water partition coefficient (Wildman–Crippen LogP) is 1.72. The standard InChI is InChI=1S/C21H17F5N6O5S/c1-29-16-14(17(34)31(3)19(29)35)32(20(36)30(16)2)6-13(33)28-18-27-12(7-38-18)9-4-10(22)15(11(23)5-9)37-8-21(24,25)26/h4-5,7H,6,8H2,1-3H3,(H,27,28,33). The van der Waals surface area contributed by atoms with Crippen LogP contribution in [-0.4, -0.2) is 41.9 Å². The van der Waals surface area contributed by atoms with E-state index in [1.165, 1.54) is 26.5 Å². The molecule has 0 aliphatic heterocycles. The number of hydrogen-bond donors (Lipinski definition) is 1. The average Bonchev–Trinajstić information content (AvgIpc) is 3.38. The number of nitrogens with zero attached hydrogens (tertiary/aromatic N) is 5. The van der Waals surface area contributed by atoms with Gasteiger partial charge >= 0.3 is 17.6 Å². The molecule has 0 atom stereocenters. The van der Waals surface area contributed by atoms with E-state index in [2.05, 4.69) is 15.0 Å². The molecule has 3 heterocycles. The number of carbonyl (C=O) groups excluding carboxylic acids is 1. The summed E-state index contributed by atoms with van der Waals surface area (Å²) >= 11 is 0.864. The van der Waals surface area contributed by atoms with E-state index in [0.29, 0.717) is 0 Å². The van der Waals surface area contributed by atoms with Crippen molar-refractivity contribution >= 4 is 33.5 Å². The second kappa shape index (κ2) is 9.55. The Bertz CT molecular complexity index is 1740. The Morgan fingerprint density at radius 1 is 1.03 bits per heavy atom. The minimum absolute atomic E-state index is 0.00308. The summed E-state index contributed by atoms with van der Waals surface area (Å²) in [5, 5.41) is 3.70. The third kappa shape index (κ3) is 4.83. The van der Waals surface area contributed by atoms with Gasteiger partial charge in [0, 0.05) is 32.1 Å². The number of alkyl halides is 3. The maximum Gasteiger partial charge on any atom is 0.422 e. The molecule has 0 radical (unpaired) electrons. The summed E-state index contributed by atoms with van der Waals surface area (Å²) in [7, 11) is 3.93. The molecule has 17 heteroatoms. The summed E-state index contributed by atoms with van der Waals surface area (Å²) in [5.41, 5.74) is -2.47. The van der Waals surface area contributed by atoms with Crippen molar-refractivity contribution in [2.24, 2.45) is 21.1 Å². The van der Waals surface area contributed by atoms with Crippen molar-refractivity contribution in [2.45, 2.75) is 12.7 Å². The largest absolute Gasteiger partial charge is 0.478 e. The van der Waals surface area contributed by atoms with Crippen LogP contribution < -0.4 is 27.0 Å². The Kier molecular flexibility index (Phi) is 6.73. The Balaban J connectivity index is 1.57. The van der Waals surface area contributed by atoms with Crippen LogP contribution in [0, 0.1) is 11.6 Å². The molecule has 202 valence electrons. The predicted molar refractivity (Wildman–Crippen MR) is 125 cm³/mol. The number of rotatable bonds is 6. The van der Waals surface area contributed by atoms with E-state index < -0.39 is 59.6 Å². The van der Waals surface area contributed by atoms with Crippen LogP contribution >= 0.6 is 11.3 Å². The van der Waals surface area contributed by atoms with Gasteiger partial charge in [0.05, 0.1) is 5.69 Å². The number of carbonyl (C=O) groups is 1. The lowest BCUT2D eigenvalue weighted by Crippen LogP contribution is -2.38. The number of hydrogen-bond acceptors (Lipinski definition) is 7. The van der Waals surface area contributed by atoms with Crippen LogP contribution in [0.5, 0.6) is 5.75 Å². The van der Waals surface area contributed by atoms with Crippen LogP contribution in [0.4, 0.5) is 27.1 Å². The molecule has 1 aromatic carbocycles. The smallest absolute Gasteiger partial charge is 0.422 e. The van der Waals surface area contributed by atoms with Gasteiger partial charge in [0.25, 0.3) is 5.56 Å². The van der Waals surface area contributed by atoms with E-state index in [9.17, 15) is 41.1 Å². The number of imidazole rings is 1. The number of halogens is 5. The van der Waals surface area contributed by atoms with Gasteiger partial charge in [-0.05, 0) is 12.1 Å². The van der Waals surface area contributed by atoms with Crippen LogP contribution in [0.25, 0.3) is 22.4 Å². The lowest BCUT2D eigenvalue weighted by Gasteiger charge is -2.11. The topological polar surface area (TPSA) is 122 Å². The van der Waals surface area contributed by atoms with E-state index in [-0.39, 0.29) is 27.6 Å². The zero-order valence-corrected chi connectivity index (χ0v) is 20.5. The molecule has 1 N–H and O–H groups in total. The van der Waals surface area contributed by atoms with Crippen molar-refractivity contribution in [2.75, 3.05) is 11.9 Å². The molecule has 0 bridgehead atoms. The molecule has 38 heavy (non-hydrogen) atoms. The lowest BCUT2D eigenvalue weighted by molar-refractivity contribution is -0.154. The van der Waals surface area contributed by atoms with Gasteiger partial charge in [-0.3, -0.25) is 27.9 Å². The van der Waals surface area contributed by atoms with Gasteiger partial charge in [0.2, 0.25) is 5.91 Å². The molecule has 1 amide bonds. The second-order valence-corrected chi connectivity index (χ2v) is 8.92. The summed E-state index contributed by atoms with van der Waals surface area (Å²) in [6, 6.07) is 1.45. The van der Waals surface area contributed by atoms with Crippen molar-refractivity contribution in [3.05, 3.63) is 60.5 Å². The van der Waals surface area contributed by atoms with Crippen molar-refractivity contribution in [3.8, 4) is 17.0 Å². The average molecular weight is 560 g/mol. The summed E-state index contributed by atoms with van der Waals surface area (Å²) in [6.45, 7) is -2.50. The van der Waals surface area contributed by atoms with Crippen molar-refractivity contribution in [1.82, 2.24) is 23.3 Å². The molecule has 4 aromatic rings. The molecule has 4 rings (SSSR count). The van der Waals surface area contributed by atoms with Crippen molar-refractivity contribution < 1.29 is 31.5 Å². The van der Waals surface area contributed by atoms with E-state index in [4.69, 9.17) is 0 Å². The van der Waals surface area contributed by atoms with Gasteiger partial charge in [0.1, 0.15) is 6.54 Å². The minimum atomic E-state index is -4.79. The second-order valence-electron chi connectivity index (χ2n) is 8.06. The molecular formula is C21H17F5N6O5S. The van der Waals surface area contributed by atoms with Gasteiger partial charge in [-0.15, -0.1) is 11.3 Å². The van der Waals surface area contributed by atoms with E-state index in [0.717, 1.165) is 41.7 Å². The molecule has 0 unspecified atom stereocenters. The first-order chi connectivity index (χ1) is 17.7. The Hall–Kier alpha value is -4.28. The third-order valence-corrected chi connectivity index (χ3v) is 6.20. The summed E-state index contributed by atoms with van der Waals surface area (Å²) in [4.78, 5) is 54.3. The number of amides is 1. The first kappa shape index (κ1) is 26.8. The molecule has 0 aliphatic carbocycles. The SMILES string of the molecule is Cn1c(=O)c2c(n(C)c1=O)n(C)c(=O)n2CC(=O)Nc1nc(-c2cc(F)c(OCC(F)(F)F)c(F)c2)cs1. The Morgan fingerprint density at radius 3 is 2.24 bits per heavy atom. The first-order valence-electron chi connectivity index (χ1n) is 10.5. The number of fused-ring (bicyclic) bond motifs is 1. The highest BCUT2D eigenvalue weighted by molar-refractivity contribution is 7.14. The number of anilines is 1. The molecule has 0 spiro atoms. The molecular weight excluding hydrogens is 543 g/mol. The molecule has 0 saturated heterocycles. The maximum absolute atomic E-state index is 14.2. The summed E-state index contributed by atoms with van der Waals surface area (Å²) in [5.74, 6) is -4.73. The molecule has 3 aromatic heterocycles. The highest BCUT2D eigenvalue weighted by Crippen LogP contribution is 2.31. The first-order valence-corrected chi connectivity index (χ1v) is 11.4. The number of thiazole rings is 1. The number of benzene rings is 1. The number of nitrogens with one attached hydrogen (secondary N) is 1. The zero-order valence-electron chi connectivity index (χ0n) is 19.7. The molecule has 11 nitrogen and oxygen atoms in total. The van der Waals surface area contributed by atoms with E-state index >= 15 is 0 Å². The fourth-order valence-corrected chi connectivity index (χ4v) is 4.45. The number of aryl methyl sites for hydroxylation is 2. The van der Waals surface area contributed by atoms with Crippen molar-refractivity contribution in [1.29, 1.82) is 0 Å². The quantitative estimate of drug-likeness (QED) is 0.359. The van der Waals surface area contributed by atoms with E-state index in [1.54, 1.807) is 0 Å². The van der Waals surface area contributed by atoms with Crippen LogP contribution in [0.2, 0.25) is 0 Å². The van der Waals surface area contributed by atoms with Gasteiger partial charge < -0.3 is 10.1 Å². The normalized spacial score (nSPS) is 11.8. The summed E-state index contributed by atoms with van der Waals surface area (Å²) in [6.07, 6.45) is -4.79. The number of aromatic nitrogens is 5. The lowest BCUT2D eigenvalue weighted by atomic mass is 10.1. The van der Waals surface area contributed by atoms with Crippen LogP contribution in [0.3, 0.4) is 0 Å². The van der Waals surface area contributed by atoms with Gasteiger partial charge in [-0.25, -0.2) is 23.4 Å². The summed E-state index contributed by atoms with van der Waals surface area (Å²) < 4.78 is 73.3. The molecule has 0 fully saturated rings. The third-order valence-electron chi connectivity index (χ3n) is 5.44. The number of ether oxygens (including phenoxy) is 1. The van der Waals surface area contributed by atoms with E-state index in [1.807, 2.05) is 0 Å². The van der Waals surface area contributed by atoms with Crippen LogP contribution in [-0.2, 0) is 32.5 Å². The highest BCUT2D eigenvalue weighted by Gasteiger charge is 2.30. The van der Waals surface area contributed by atoms with Crippen molar-refractivity contribution in [3.63, 3.8) is 0 Å². The zero-order chi connectivity index (χ0) is 28.1. The van der Waals surface area contributed by atoms with Gasteiger partial charge in [-0.2, -0.15) is 13.2 Å². The molecule has 0 aliphatic rings. The maximum atomic E-state index is 14.2. The van der Waals surface area contributed by atoms with Gasteiger partial charge in [0.15, 0.2) is 40.3 Å². The minimum Gasteiger partial charge on any atom is -0.478 e. The van der Waals surface area contributed by atoms with Crippen LogP contribution in [0.1, 0.15) is 0 Å². The Labute approximate surface area is 211 Å². The highest BCUT2D eigenvalue weighted by atomic mass is 32.1.